The summed E-state index contributed by atoms with van der Waals surface area (Å²) in [5, 5.41) is 8.96. The fourth-order valence-corrected chi connectivity index (χ4v) is 2.11. The van der Waals surface area contributed by atoms with Crippen LogP contribution in [-0.2, 0) is 6.54 Å². The Morgan fingerprint density at radius 2 is 1.85 bits per heavy atom. The van der Waals surface area contributed by atoms with E-state index in [0.717, 1.165) is 29.1 Å². The first-order chi connectivity index (χ1) is 9.63. The molecule has 20 heavy (non-hydrogen) atoms. The molecular weight excluding hydrogens is 248 g/mol. The molecule has 0 aliphatic carbocycles. The molecule has 0 radical (unpaired) electrons. The Balaban J connectivity index is 2.13. The average Bonchev–Trinajstić information content (AvgIpc) is 2.48. The lowest BCUT2D eigenvalue weighted by molar-refractivity contribution is 0.414. The van der Waals surface area contributed by atoms with Crippen LogP contribution in [-0.4, -0.2) is 14.2 Å². The van der Waals surface area contributed by atoms with Crippen LogP contribution in [0.15, 0.2) is 42.5 Å². The average molecular weight is 266 g/mol. The molecule has 0 heterocycles. The maximum Gasteiger partial charge on any atom is 0.118 e. The SMILES string of the molecule is COc1ccc(CN(C)c2ccc(C#N)c(C)c2)cc1. The van der Waals surface area contributed by atoms with E-state index < -0.39 is 0 Å². The van der Waals surface area contributed by atoms with E-state index in [1.165, 1.54) is 5.56 Å². The van der Waals surface area contributed by atoms with Crippen LogP contribution in [0.25, 0.3) is 0 Å². The molecule has 2 aromatic carbocycles. The molecular formula is C17H18N2O. The van der Waals surface area contributed by atoms with Gasteiger partial charge in [-0.15, -0.1) is 0 Å². The van der Waals surface area contributed by atoms with Gasteiger partial charge in [0.15, 0.2) is 0 Å². The van der Waals surface area contributed by atoms with E-state index in [9.17, 15) is 0 Å². The van der Waals surface area contributed by atoms with Crippen molar-refractivity contribution in [2.45, 2.75) is 13.5 Å². The second kappa shape index (κ2) is 6.12. The predicted octanol–water partition coefficient (Wildman–Crippen LogP) is 3.51. The molecule has 2 aromatic rings. The lowest BCUT2D eigenvalue weighted by Gasteiger charge is -2.20. The molecule has 0 unspecified atom stereocenters. The molecule has 0 aliphatic heterocycles. The van der Waals surface area contributed by atoms with Crippen molar-refractivity contribution in [3.8, 4) is 11.8 Å². The van der Waals surface area contributed by atoms with Gasteiger partial charge in [0.05, 0.1) is 18.7 Å². The highest BCUT2D eigenvalue weighted by molar-refractivity contribution is 5.53. The minimum Gasteiger partial charge on any atom is -0.497 e. The van der Waals surface area contributed by atoms with Crippen LogP contribution in [0.2, 0.25) is 0 Å². The normalized spacial score (nSPS) is 9.90. The second-order valence-corrected chi connectivity index (χ2v) is 4.82. The summed E-state index contributed by atoms with van der Waals surface area (Å²) in [7, 11) is 3.71. The Morgan fingerprint density at radius 1 is 1.15 bits per heavy atom. The van der Waals surface area contributed by atoms with E-state index in [1.54, 1.807) is 7.11 Å². The first kappa shape index (κ1) is 14.0. The summed E-state index contributed by atoms with van der Waals surface area (Å²) in [6, 6.07) is 16.1. The summed E-state index contributed by atoms with van der Waals surface area (Å²) in [6.45, 7) is 2.78. The number of benzene rings is 2. The Morgan fingerprint density at radius 3 is 2.40 bits per heavy atom. The summed E-state index contributed by atoms with van der Waals surface area (Å²) in [5.74, 6) is 0.866. The third-order valence-electron chi connectivity index (χ3n) is 3.35. The summed E-state index contributed by atoms with van der Waals surface area (Å²) in [5.41, 5.74) is 4.06. The third-order valence-corrected chi connectivity index (χ3v) is 3.35. The predicted molar refractivity (Wildman–Crippen MR) is 81.0 cm³/mol. The number of aryl methyl sites for hydroxylation is 1. The van der Waals surface area contributed by atoms with Gasteiger partial charge in [0.1, 0.15) is 5.75 Å². The van der Waals surface area contributed by atoms with Crippen molar-refractivity contribution in [1.29, 1.82) is 5.26 Å². The molecule has 0 saturated carbocycles. The minimum absolute atomic E-state index is 0.728. The highest BCUT2D eigenvalue weighted by Crippen LogP contribution is 2.20. The van der Waals surface area contributed by atoms with Crippen molar-refractivity contribution >= 4 is 5.69 Å². The number of ether oxygens (including phenoxy) is 1. The van der Waals surface area contributed by atoms with Crippen molar-refractivity contribution in [1.82, 2.24) is 0 Å². The Labute approximate surface area is 120 Å². The summed E-state index contributed by atoms with van der Waals surface area (Å²) >= 11 is 0. The maximum absolute atomic E-state index is 8.96. The quantitative estimate of drug-likeness (QED) is 0.849. The van der Waals surface area contributed by atoms with Crippen LogP contribution in [0.3, 0.4) is 0 Å². The topological polar surface area (TPSA) is 36.3 Å². The van der Waals surface area contributed by atoms with Gasteiger partial charge in [-0.25, -0.2) is 0 Å². The molecule has 0 aromatic heterocycles. The maximum atomic E-state index is 8.96. The van der Waals surface area contributed by atoms with Crippen molar-refractivity contribution < 1.29 is 4.74 Å². The Hall–Kier alpha value is -2.47. The van der Waals surface area contributed by atoms with E-state index in [1.807, 2.05) is 44.3 Å². The molecule has 0 atom stereocenters. The van der Waals surface area contributed by atoms with Crippen LogP contribution in [0.5, 0.6) is 5.75 Å². The fourth-order valence-electron chi connectivity index (χ4n) is 2.11. The molecule has 102 valence electrons. The minimum atomic E-state index is 0.728. The first-order valence-corrected chi connectivity index (χ1v) is 6.49. The van der Waals surface area contributed by atoms with Crippen LogP contribution >= 0.6 is 0 Å². The zero-order valence-corrected chi connectivity index (χ0v) is 12.1. The number of anilines is 1. The van der Waals surface area contributed by atoms with Gasteiger partial charge in [0.25, 0.3) is 0 Å². The summed E-state index contributed by atoms with van der Waals surface area (Å²) < 4.78 is 5.16. The number of hydrogen-bond acceptors (Lipinski definition) is 3. The van der Waals surface area contributed by atoms with Gasteiger partial charge in [-0.1, -0.05) is 12.1 Å². The van der Waals surface area contributed by atoms with Crippen molar-refractivity contribution in [3.05, 3.63) is 59.2 Å². The van der Waals surface area contributed by atoms with Gasteiger partial charge in [0, 0.05) is 19.3 Å². The second-order valence-electron chi connectivity index (χ2n) is 4.82. The van der Waals surface area contributed by atoms with Gasteiger partial charge in [-0.2, -0.15) is 5.26 Å². The molecule has 3 heteroatoms. The van der Waals surface area contributed by atoms with Gasteiger partial charge in [-0.3, -0.25) is 0 Å². The Bertz CT molecular complexity index is 626. The van der Waals surface area contributed by atoms with E-state index >= 15 is 0 Å². The molecule has 0 amide bonds. The largest absolute Gasteiger partial charge is 0.497 e. The van der Waals surface area contributed by atoms with Gasteiger partial charge in [0.2, 0.25) is 0 Å². The number of methoxy groups -OCH3 is 1. The zero-order valence-electron chi connectivity index (χ0n) is 12.1. The van der Waals surface area contributed by atoms with Crippen molar-refractivity contribution in [3.63, 3.8) is 0 Å². The molecule has 0 saturated heterocycles. The van der Waals surface area contributed by atoms with E-state index in [0.29, 0.717) is 0 Å². The lowest BCUT2D eigenvalue weighted by Crippen LogP contribution is -2.16. The van der Waals surface area contributed by atoms with Crippen molar-refractivity contribution in [2.24, 2.45) is 0 Å². The monoisotopic (exact) mass is 266 g/mol. The molecule has 0 bridgehead atoms. The van der Waals surface area contributed by atoms with Gasteiger partial charge in [-0.05, 0) is 48.4 Å². The lowest BCUT2D eigenvalue weighted by atomic mass is 10.1. The fraction of sp³-hybridized carbons (Fsp3) is 0.235. The smallest absolute Gasteiger partial charge is 0.118 e. The standard InChI is InChI=1S/C17H18N2O/c1-13-10-16(7-6-15(13)11-18)19(2)12-14-4-8-17(20-3)9-5-14/h4-10H,12H2,1-3H3. The molecule has 3 nitrogen and oxygen atoms in total. The van der Waals surface area contributed by atoms with Gasteiger partial charge < -0.3 is 9.64 Å². The van der Waals surface area contributed by atoms with Crippen molar-refractivity contribution in [2.75, 3.05) is 19.1 Å². The molecule has 0 N–H and O–H groups in total. The Kier molecular flexibility index (Phi) is 4.27. The van der Waals surface area contributed by atoms with E-state index in [2.05, 4.69) is 23.1 Å². The number of hydrogen-bond donors (Lipinski definition) is 0. The number of rotatable bonds is 4. The first-order valence-electron chi connectivity index (χ1n) is 6.49. The van der Waals surface area contributed by atoms with E-state index in [-0.39, 0.29) is 0 Å². The van der Waals surface area contributed by atoms with Crippen LogP contribution in [0.4, 0.5) is 5.69 Å². The van der Waals surface area contributed by atoms with Crippen LogP contribution < -0.4 is 9.64 Å². The molecule has 0 aliphatic rings. The summed E-state index contributed by atoms with van der Waals surface area (Å²) in [6.07, 6.45) is 0. The molecule has 2 rings (SSSR count). The highest BCUT2D eigenvalue weighted by atomic mass is 16.5. The van der Waals surface area contributed by atoms with E-state index in [4.69, 9.17) is 10.00 Å². The number of nitriles is 1. The van der Waals surface area contributed by atoms with Crippen LogP contribution in [0.1, 0.15) is 16.7 Å². The zero-order chi connectivity index (χ0) is 14.5. The third kappa shape index (κ3) is 3.10. The van der Waals surface area contributed by atoms with Gasteiger partial charge >= 0.3 is 0 Å². The number of nitrogens with zero attached hydrogens (tertiary/aromatic N) is 2. The molecule has 0 fully saturated rings. The summed E-state index contributed by atoms with van der Waals surface area (Å²) in [4.78, 5) is 2.16. The van der Waals surface area contributed by atoms with Crippen LogP contribution in [0, 0.1) is 18.3 Å². The highest BCUT2D eigenvalue weighted by Gasteiger charge is 2.05. The molecule has 0 spiro atoms.